The molecule has 0 aliphatic carbocycles. The van der Waals surface area contributed by atoms with E-state index >= 15 is 0 Å². The molecule has 25 heavy (non-hydrogen) atoms. The zero-order valence-corrected chi connectivity index (χ0v) is 14.3. The van der Waals surface area contributed by atoms with Crippen molar-refractivity contribution in [2.24, 2.45) is 0 Å². The Kier molecular flexibility index (Phi) is 5.06. The molecule has 138 valence electrons. The first-order valence-electron chi connectivity index (χ1n) is 8.54. The number of piperidine rings is 1. The Balaban J connectivity index is 1.62. The van der Waals surface area contributed by atoms with Crippen LogP contribution in [0.15, 0.2) is 24.3 Å². The SMILES string of the molecule is CN1CCOC2(CCN(C(=O)Cc3ccccc3C(F)(F)F)CC2)C1. The van der Waals surface area contributed by atoms with Crippen molar-refractivity contribution < 1.29 is 22.7 Å². The molecule has 7 heteroatoms. The van der Waals surface area contributed by atoms with Crippen molar-refractivity contribution in [2.45, 2.75) is 31.0 Å². The second-order valence-electron chi connectivity index (χ2n) is 6.98. The average Bonchev–Trinajstić information content (AvgIpc) is 2.55. The van der Waals surface area contributed by atoms with Gasteiger partial charge in [-0.1, -0.05) is 18.2 Å². The van der Waals surface area contributed by atoms with Crippen LogP contribution in [0, 0.1) is 0 Å². The van der Waals surface area contributed by atoms with E-state index in [1.807, 2.05) is 0 Å². The number of hydrogen-bond donors (Lipinski definition) is 0. The molecule has 0 aromatic heterocycles. The first kappa shape index (κ1) is 18.2. The first-order chi connectivity index (χ1) is 11.8. The number of likely N-dealkylation sites (tertiary alicyclic amines) is 1. The average molecular weight is 356 g/mol. The van der Waals surface area contributed by atoms with Crippen LogP contribution in [-0.4, -0.2) is 61.1 Å². The second-order valence-corrected chi connectivity index (χ2v) is 6.98. The fraction of sp³-hybridized carbons (Fsp3) is 0.611. The van der Waals surface area contributed by atoms with Gasteiger partial charge < -0.3 is 14.5 Å². The molecule has 4 nitrogen and oxygen atoms in total. The normalized spacial score (nSPS) is 21.5. The first-order valence-corrected chi connectivity index (χ1v) is 8.54. The number of alkyl halides is 3. The van der Waals surface area contributed by atoms with E-state index < -0.39 is 11.7 Å². The van der Waals surface area contributed by atoms with E-state index in [0.29, 0.717) is 19.7 Å². The molecule has 0 atom stereocenters. The van der Waals surface area contributed by atoms with Gasteiger partial charge in [0, 0.05) is 26.2 Å². The minimum atomic E-state index is -4.44. The molecule has 0 N–H and O–H groups in total. The van der Waals surface area contributed by atoms with Gasteiger partial charge in [-0.05, 0) is 31.5 Å². The quantitative estimate of drug-likeness (QED) is 0.817. The molecule has 0 unspecified atom stereocenters. The molecule has 2 aliphatic heterocycles. The Labute approximate surface area is 145 Å². The summed E-state index contributed by atoms with van der Waals surface area (Å²) in [5.74, 6) is -0.254. The molecule has 2 fully saturated rings. The topological polar surface area (TPSA) is 32.8 Å². The Bertz CT molecular complexity index is 625. The highest BCUT2D eigenvalue weighted by Gasteiger charge is 2.40. The summed E-state index contributed by atoms with van der Waals surface area (Å²) in [4.78, 5) is 16.4. The molecule has 2 saturated heterocycles. The Morgan fingerprint density at radius 2 is 1.88 bits per heavy atom. The van der Waals surface area contributed by atoms with Gasteiger partial charge in [0.25, 0.3) is 0 Å². The van der Waals surface area contributed by atoms with Gasteiger partial charge in [-0.15, -0.1) is 0 Å². The maximum Gasteiger partial charge on any atom is 0.416 e. The van der Waals surface area contributed by atoms with Crippen LogP contribution in [0.1, 0.15) is 24.0 Å². The van der Waals surface area contributed by atoms with E-state index in [1.165, 1.54) is 18.2 Å². The van der Waals surface area contributed by atoms with E-state index in [1.54, 1.807) is 4.90 Å². The lowest BCUT2D eigenvalue weighted by molar-refractivity contribution is -0.148. The summed E-state index contributed by atoms with van der Waals surface area (Å²) in [6, 6.07) is 5.29. The smallest absolute Gasteiger partial charge is 0.372 e. The lowest BCUT2D eigenvalue weighted by Gasteiger charge is -2.46. The van der Waals surface area contributed by atoms with Crippen LogP contribution < -0.4 is 0 Å². The van der Waals surface area contributed by atoms with E-state index in [2.05, 4.69) is 11.9 Å². The fourth-order valence-corrected chi connectivity index (χ4v) is 3.73. The number of benzene rings is 1. The molecule has 1 aromatic carbocycles. The van der Waals surface area contributed by atoms with E-state index in [-0.39, 0.29) is 23.5 Å². The van der Waals surface area contributed by atoms with E-state index in [4.69, 9.17) is 4.74 Å². The van der Waals surface area contributed by atoms with Crippen LogP contribution in [0.2, 0.25) is 0 Å². The summed E-state index contributed by atoms with van der Waals surface area (Å²) >= 11 is 0. The third-order valence-corrected chi connectivity index (χ3v) is 5.13. The van der Waals surface area contributed by atoms with Gasteiger partial charge in [-0.2, -0.15) is 13.2 Å². The van der Waals surface area contributed by atoms with Gasteiger partial charge in [-0.25, -0.2) is 0 Å². The van der Waals surface area contributed by atoms with Crippen molar-refractivity contribution in [3.63, 3.8) is 0 Å². The summed E-state index contributed by atoms with van der Waals surface area (Å²) < 4.78 is 45.2. The molecule has 0 saturated carbocycles. The number of carbonyl (C=O) groups is 1. The number of hydrogen-bond acceptors (Lipinski definition) is 3. The molecule has 3 rings (SSSR count). The predicted molar refractivity (Wildman–Crippen MR) is 87.1 cm³/mol. The number of morpholine rings is 1. The van der Waals surface area contributed by atoms with Gasteiger partial charge in [0.15, 0.2) is 0 Å². The fourth-order valence-electron chi connectivity index (χ4n) is 3.73. The number of amides is 1. The Hall–Kier alpha value is -1.60. The van der Waals surface area contributed by atoms with Crippen LogP contribution in [0.4, 0.5) is 13.2 Å². The van der Waals surface area contributed by atoms with Crippen molar-refractivity contribution in [3.05, 3.63) is 35.4 Å². The number of nitrogens with zero attached hydrogens (tertiary/aromatic N) is 2. The number of halogens is 3. The van der Waals surface area contributed by atoms with Gasteiger partial charge >= 0.3 is 6.18 Å². The lowest BCUT2D eigenvalue weighted by atomic mass is 9.89. The zero-order valence-electron chi connectivity index (χ0n) is 14.3. The Morgan fingerprint density at radius 1 is 1.20 bits per heavy atom. The highest BCUT2D eigenvalue weighted by Crippen LogP contribution is 2.33. The summed E-state index contributed by atoms with van der Waals surface area (Å²) in [6.45, 7) is 3.48. The van der Waals surface area contributed by atoms with Crippen LogP contribution >= 0.6 is 0 Å². The Morgan fingerprint density at radius 3 is 2.52 bits per heavy atom. The zero-order chi connectivity index (χ0) is 18.1. The second kappa shape index (κ2) is 6.96. The standard InChI is InChI=1S/C18H23F3N2O2/c1-22-10-11-25-17(13-22)6-8-23(9-7-17)16(24)12-14-4-2-3-5-15(14)18(19,20)21/h2-5H,6-13H2,1H3. The minimum Gasteiger partial charge on any atom is -0.372 e. The van der Waals surface area contributed by atoms with Gasteiger partial charge in [0.1, 0.15) is 0 Å². The summed E-state index contributed by atoms with van der Waals surface area (Å²) in [5, 5.41) is 0. The predicted octanol–water partition coefficient (Wildman–Crippen LogP) is 2.57. The van der Waals surface area contributed by atoms with Gasteiger partial charge in [0.2, 0.25) is 5.91 Å². The van der Waals surface area contributed by atoms with Gasteiger partial charge in [0.05, 0.1) is 24.2 Å². The van der Waals surface area contributed by atoms with Crippen LogP contribution in [0.3, 0.4) is 0 Å². The third-order valence-electron chi connectivity index (χ3n) is 5.13. The van der Waals surface area contributed by atoms with E-state index in [9.17, 15) is 18.0 Å². The number of likely N-dealkylation sites (N-methyl/N-ethyl adjacent to an activating group) is 1. The molecular weight excluding hydrogens is 333 g/mol. The molecule has 1 spiro atoms. The summed E-state index contributed by atoms with van der Waals surface area (Å²) in [6.07, 6.45) is -3.21. The number of carbonyl (C=O) groups excluding carboxylic acids is 1. The maximum absolute atomic E-state index is 13.1. The largest absolute Gasteiger partial charge is 0.416 e. The molecule has 0 radical (unpaired) electrons. The van der Waals surface area contributed by atoms with Gasteiger partial charge in [-0.3, -0.25) is 4.79 Å². The molecule has 1 amide bonds. The molecule has 1 aromatic rings. The monoisotopic (exact) mass is 356 g/mol. The van der Waals surface area contributed by atoms with Crippen LogP contribution in [0.5, 0.6) is 0 Å². The highest BCUT2D eigenvalue weighted by atomic mass is 19.4. The van der Waals surface area contributed by atoms with Crippen molar-refractivity contribution in [2.75, 3.05) is 39.8 Å². The molecular formula is C18H23F3N2O2. The number of ether oxygens (including phenoxy) is 1. The molecule has 2 aliphatic rings. The van der Waals surface area contributed by atoms with Crippen LogP contribution in [-0.2, 0) is 22.1 Å². The summed E-state index contributed by atoms with van der Waals surface area (Å²) in [5.41, 5.74) is -0.906. The molecule has 2 heterocycles. The van der Waals surface area contributed by atoms with Crippen molar-refractivity contribution >= 4 is 5.91 Å². The minimum absolute atomic E-state index is 0.0361. The van der Waals surface area contributed by atoms with E-state index in [0.717, 1.165) is 32.0 Å². The maximum atomic E-state index is 13.1. The lowest BCUT2D eigenvalue weighted by Crippen LogP contribution is -2.56. The number of rotatable bonds is 2. The molecule has 0 bridgehead atoms. The highest BCUT2D eigenvalue weighted by molar-refractivity contribution is 5.79. The van der Waals surface area contributed by atoms with Crippen molar-refractivity contribution in [1.29, 1.82) is 0 Å². The van der Waals surface area contributed by atoms with Crippen LogP contribution in [0.25, 0.3) is 0 Å². The van der Waals surface area contributed by atoms with Crippen molar-refractivity contribution in [3.8, 4) is 0 Å². The third kappa shape index (κ3) is 4.15. The summed E-state index contributed by atoms with van der Waals surface area (Å²) in [7, 11) is 2.05. The van der Waals surface area contributed by atoms with Crippen molar-refractivity contribution in [1.82, 2.24) is 9.80 Å².